The van der Waals surface area contributed by atoms with E-state index in [-0.39, 0.29) is 11.3 Å². The summed E-state index contributed by atoms with van der Waals surface area (Å²) in [5.41, 5.74) is 1.91. The Morgan fingerprint density at radius 1 is 1.55 bits per heavy atom. The van der Waals surface area contributed by atoms with Crippen molar-refractivity contribution in [3.63, 3.8) is 0 Å². The SMILES string of the molecule is CC1(n2c(SCC(=O)O)nc3cc(Cl)ccc32)CCC1. The van der Waals surface area contributed by atoms with Gasteiger partial charge in [-0.3, -0.25) is 4.79 Å². The van der Waals surface area contributed by atoms with E-state index in [1.807, 2.05) is 18.2 Å². The summed E-state index contributed by atoms with van der Waals surface area (Å²) in [6, 6.07) is 5.66. The lowest BCUT2D eigenvalue weighted by Gasteiger charge is -2.41. The predicted molar refractivity (Wildman–Crippen MR) is 80.6 cm³/mol. The largest absolute Gasteiger partial charge is 0.481 e. The van der Waals surface area contributed by atoms with Crippen LogP contribution in [0.3, 0.4) is 0 Å². The van der Waals surface area contributed by atoms with E-state index in [9.17, 15) is 4.79 Å². The van der Waals surface area contributed by atoms with Crippen molar-refractivity contribution in [3.05, 3.63) is 23.2 Å². The molecular weight excluding hydrogens is 296 g/mol. The molecule has 1 aliphatic rings. The third-order valence-corrected chi connectivity index (χ3v) is 5.04. The fraction of sp³-hybridized carbons (Fsp3) is 0.429. The van der Waals surface area contributed by atoms with Crippen molar-refractivity contribution in [3.8, 4) is 0 Å². The number of carboxylic acids is 1. The number of carboxylic acid groups (broad SMARTS) is 1. The normalized spacial score (nSPS) is 17.1. The van der Waals surface area contributed by atoms with E-state index < -0.39 is 5.97 Å². The van der Waals surface area contributed by atoms with E-state index in [1.54, 1.807) is 0 Å². The van der Waals surface area contributed by atoms with Crippen molar-refractivity contribution in [2.75, 3.05) is 5.75 Å². The van der Waals surface area contributed by atoms with E-state index in [0.717, 1.165) is 29.0 Å². The number of aliphatic carboxylic acids is 1. The number of aromatic nitrogens is 2. The second-order valence-corrected chi connectivity index (χ2v) is 6.77. The molecule has 0 atom stereocenters. The Bertz CT molecular complexity index is 679. The predicted octanol–water partition coefficient (Wildman–Crippen LogP) is 3.77. The summed E-state index contributed by atoms with van der Waals surface area (Å²) in [7, 11) is 0. The first kappa shape index (κ1) is 13.8. The van der Waals surface area contributed by atoms with E-state index in [1.165, 1.54) is 18.2 Å². The zero-order valence-corrected chi connectivity index (χ0v) is 12.7. The molecule has 1 aromatic carbocycles. The molecule has 0 radical (unpaired) electrons. The summed E-state index contributed by atoms with van der Waals surface area (Å²) in [6.45, 7) is 2.21. The van der Waals surface area contributed by atoms with Crippen LogP contribution in [0.4, 0.5) is 0 Å². The van der Waals surface area contributed by atoms with Crippen LogP contribution in [-0.4, -0.2) is 26.4 Å². The Hall–Kier alpha value is -1.20. The molecule has 1 fully saturated rings. The Kier molecular flexibility index (Phi) is 3.42. The molecule has 0 bridgehead atoms. The summed E-state index contributed by atoms with van der Waals surface area (Å²) in [5, 5.41) is 10.3. The molecule has 1 N–H and O–H groups in total. The van der Waals surface area contributed by atoms with Gasteiger partial charge in [0, 0.05) is 10.6 Å². The first-order chi connectivity index (χ1) is 9.49. The first-order valence-electron chi connectivity index (χ1n) is 6.53. The van der Waals surface area contributed by atoms with Crippen molar-refractivity contribution in [2.45, 2.75) is 36.9 Å². The molecule has 20 heavy (non-hydrogen) atoms. The number of rotatable bonds is 4. The van der Waals surface area contributed by atoms with E-state index in [4.69, 9.17) is 16.7 Å². The van der Waals surface area contributed by atoms with Crippen LogP contribution < -0.4 is 0 Å². The van der Waals surface area contributed by atoms with Crippen molar-refractivity contribution in [1.82, 2.24) is 9.55 Å². The van der Waals surface area contributed by atoms with Gasteiger partial charge in [-0.1, -0.05) is 23.4 Å². The van der Waals surface area contributed by atoms with Crippen molar-refractivity contribution in [2.24, 2.45) is 0 Å². The van der Waals surface area contributed by atoms with Gasteiger partial charge in [0.1, 0.15) is 0 Å². The van der Waals surface area contributed by atoms with Gasteiger partial charge in [0.15, 0.2) is 5.16 Å². The average molecular weight is 311 g/mol. The molecule has 1 aromatic heterocycles. The summed E-state index contributed by atoms with van der Waals surface area (Å²) in [4.78, 5) is 15.4. The second-order valence-electron chi connectivity index (χ2n) is 5.40. The molecule has 0 saturated heterocycles. The molecule has 106 valence electrons. The number of hydrogen-bond donors (Lipinski definition) is 1. The molecule has 1 heterocycles. The standard InChI is InChI=1S/C14H15ClN2O2S/c1-14(5-2-6-14)17-11-4-3-9(15)7-10(11)16-13(17)20-8-12(18)19/h3-4,7H,2,5-6,8H2,1H3,(H,18,19). The highest BCUT2D eigenvalue weighted by Gasteiger charge is 2.36. The van der Waals surface area contributed by atoms with E-state index in [2.05, 4.69) is 16.5 Å². The lowest BCUT2D eigenvalue weighted by Crippen LogP contribution is -2.37. The van der Waals surface area contributed by atoms with E-state index in [0.29, 0.717) is 5.02 Å². The molecule has 4 nitrogen and oxygen atoms in total. The van der Waals surface area contributed by atoms with Gasteiger partial charge in [0.2, 0.25) is 0 Å². The number of hydrogen-bond acceptors (Lipinski definition) is 3. The molecule has 0 spiro atoms. The quantitative estimate of drug-likeness (QED) is 0.873. The maximum absolute atomic E-state index is 10.8. The zero-order valence-electron chi connectivity index (χ0n) is 11.1. The second kappa shape index (κ2) is 4.97. The smallest absolute Gasteiger partial charge is 0.313 e. The maximum atomic E-state index is 10.8. The van der Waals surface area contributed by atoms with Gasteiger partial charge in [-0.2, -0.15) is 0 Å². The number of imidazole rings is 1. The fourth-order valence-corrected chi connectivity index (χ4v) is 3.72. The number of carbonyl (C=O) groups is 1. The highest BCUT2D eigenvalue weighted by Crippen LogP contribution is 2.43. The zero-order chi connectivity index (χ0) is 14.3. The Morgan fingerprint density at radius 3 is 2.90 bits per heavy atom. The van der Waals surface area contributed by atoms with Crippen LogP contribution in [0.5, 0.6) is 0 Å². The maximum Gasteiger partial charge on any atom is 0.313 e. The fourth-order valence-electron chi connectivity index (χ4n) is 2.69. The number of halogens is 1. The van der Waals surface area contributed by atoms with Crippen LogP contribution in [0.15, 0.2) is 23.4 Å². The minimum Gasteiger partial charge on any atom is -0.481 e. The topological polar surface area (TPSA) is 55.1 Å². The molecule has 0 amide bonds. The lowest BCUT2D eigenvalue weighted by molar-refractivity contribution is -0.133. The van der Waals surface area contributed by atoms with Crippen molar-refractivity contribution >= 4 is 40.4 Å². The Morgan fingerprint density at radius 2 is 2.30 bits per heavy atom. The van der Waals surface area contributed by atoms with Gasteiger partial charge in [0.05, 0.1) is 16.8 Å². The minimum atomic E-state index is -0.828. The van der Waals surface area contributed by atoms with Crippen molar-refractivity contribution in [1.29, 1.82) is 0 Å². The van der Waals surface area contributed by atoms with Gasteiger partial charge >= 0.3 is 5.97 Å². The highest BCUT2D eigenvalue weighted by atomic mass is 35.5. The van der Waals surface area contributed by atoms with Gasteiger partial charge in [-0.25, -0.2) is 4.98 Å². The van der Waals surface area contributed by atoms with Gasteiger partial charge < -0.3 is 9.67 Å². The number of thioether (sulfide) groups is 1. The number of benzene rings is 1. The van der Waals surface area contributed by atoms with Crippen LogP contribution in [0.1, 0.15) is 26.2 Å². The highest BCUT2D eigenvalue weighted by molar-refractivity contribution is 7.99. The Labute approximate surface area is 126 Å². The van der Waals surface area contributed by atoms with Crippen LogP contribution in [0.2, 0.25) is 5.02 Å². The van der Waals surface area contributed by atoms with E-state index >= 15 is 0 Å². The number of nitrogens with zero attached hydrogens (tertiary/aromatic N) is 2. The van der Waals surface area contributed by atoms with Gasteiger partial charge in [0.25, 0.3) is 0 Å². The number of fused-ring (bicyclic) bond motifs is 1. The summed E-state index contributed by atoms with van der Waals surface area (Å²) in [6.07, 6.45) is 3.40. The average Bonchev–Trinajstić information content (AvgIpc) is 2.71. The first-order valence-corrected chi connectivity index (χ1v) is 7.89. The monoisotopic (exact) mass is 310 g/mol. The van der Waals surface area contributed by atoms with Gasteiger partial charge in [-0.15, -0.1) is 0 Å². The molecule has 2 aromatic rings. The van der Waals surface area contributed by atoms with Gasteiger partial charge in [-0.05, 0) is 44.4 Å². The summed E-state index contributed by atoms with van der Waals surface area (Å²) in [5.74, 6) is -0.807. The summed E-state index contributed by atoms with van der Waals surface area (Å²) < 4.78 is 2.19. The molecule has 1 aliphatic carbocycles. The Balaban J connectivity index is 2.11. The third kappa shape index (κ3) is 2.29. The van der Waals surface area contributed by atoms with Crippen LogP contribution >= 0.6 is 23.4 Å². The molecule has 0 aliphatic heterocycles. The molecule has 1 saturated carbocycles. The molecular formula is C14H15ClN2O2S. The molecule has 6 heteroatoms. The molecule has 0 unspecified atom stereocenters. The van der Waals surface area contributed by atoms with Crippen LogP contribution in [-0.2, 0) is 10.3 Å². The molecule has 3 rings (SSSR count). The minimum absolute atomic E-state index is 0.0210. The summed E-state index contributed by atoms with van der Waals surface area (Å²) >= 11 is 7.29. The van der Waals surface area contributed by atoms with Crippen LogP contribution in [0.25, 0.3) is 11.0 Å². The third-order valence-electron chi connectivity index (χ3n) is 3.88. The van der Waals surface area contributed by atoms with Crippen molar-refractivity contribution < 1.29 is 9.90 Å². The lowest BCUT2D eigenvalue weighted by atomic mass is 9.78. The van der Waals surface area contributed by atoms with Crippen LogP contribution in [0, 0.1) is 0 Å².